The minimum absolute atomic E-state index is 0. The second kappa shape index (κ2) is 6.52. The van der Waals surface area contributed by atoms with Gasteiger partial charge in [-0.1, -0.05) is 14.4 Å². The Morgan fingerprint density at radius 3 is 2.12 bits per heavy atom. The van der Waals surface area contributed by atoms with Crippen molar-refractivity contribution in [1.82, 2.24) is 0 Å². The molecule has 5 heteroatoms. The van der Waals surface area contributed by atoms with Gasteiger partial charge in [0, 0.05) is 0 Å². The summed E-state index contributed by atoms with van der Waals surface area (Å²) in [7, 11) is 0. The Labute approximate surface area is 99.7 Å². The molecule has 0 aliphatic rings. The summed E-state index contributed by atoms with van der Waals surface area (Å²) < 4.78 is 5.17. The Morgan fingerprint density at radius 1 is 1.24 bits per heavy atom. The molecule has 2 N–H and O–H groups in total. The second-order valence-electron chi connectivity index (χ2n) is 3.18. The lowest BCUT2D eigenvalue weighted by Gasteiger charge is -2.12. The smallest absolute Gasteiger partial charge is 0.344 e. The van der Waals surface area contributed by atoms with Gasteiger partial charge < -0.3 is 14.9 Å². The normalized spacial score (nSPS) is 11.1. The molecule has 0 saturated heterocycles. The number of aliphatic carboxylic acids is 1. The van der Waals surface area contributed by atoms with Gasteiger partial charge in [0.15, 0.2) is 6.10 Å². The summed E-state index contributed by atoms with van der Waals surface area (Å²) in [6.45, 7) is 1.70. The third kappa shape index (κ3) is 4.14. The number of ether oxygens (including phenoxy) is 1. The molecular weight excluding hydrogens is 224 g/mol. The zero-order valence-corrected chi connectivity index (χ0v) is 8.71. The van der Waals surface area contributed by atoms with E-state index in [2.05, 4.69) is 0 Å². The van der Waals surface area contributed by atoms with Crippen LogP contribution in [0.2, 0.25) is 0 Å². The fraction of sp³-hybridized carbons (Fsp3) is 0.333. The van der Waals surface area contributed by atoms with Crippen LogP contribution in [0.5, 0.6) is 5.75 Å². The lowest BCUT2D eigenvalue weighted by Crippen LogP contribution is -2.25. The second-order valence-corrected chi connectivity index (χ2v) is 3.18. The van der Waals surface area contributed by atoms with E-state index in [1.165, 1.54) is 24.3 Å². The van der Waals surface area contributed by atoms with E-state index in [-0.39, 0.29) is 13.0 Å². The topological polar surface area (TPSA) is 83.8 Å². The first kappa shape index (κ1) is 15.0. The first-order chi connectivity index (χ1) is 7.54. The highest BCUT2D eigenvalue weighted by atomic mass is 16.5. The van der Waals surface area contributed by atoms with Crippen LogP contribution in [0.4, 0.5) is 0 Å². The predicted molar refractivity (Wildman–Crippen MR) is 62.5 cm³/mol. The van der Waals surface area contributed by atoms with Gasteiger partial charge >= 0.3 is 11.9 Å². The Morgan fingerprint density at radius 2 is 1.76 bits per heavy atom. The van der Waals surface area contributed by atoms with Crippen LogP contribution >= 0.6 is 0 Å². The number of carboxylic acid groups (broad SMARTS) is 2. The molecular formula is C12H16O5. The summed E-state index contributed by atoms with van der Waals surface area (Å²) in [6, 6.07) is 5.61. The summed E-state index contributed by atoms with van der Waals surface area (Å²) in [4.78, 5) is 21.3. The first-order valence-corrected chi connectivity index (χ1v) is 4.77. The van der Waals surface area contributed by atoms with E-state index in [4.69, 9.17) is 14.9 Å². The van der Waals surface area contributed by atoms with Crippen molar-refractivity contribution < 1.29 is 24.5 Å². The lowest BCUT2D eigenvalue weighted by molar-refractivity contribution is -0.145. The fourth-order valence-electron chi connectivity index (χ4n) is 1.15. The molecule has 5 nitrogen and oxygen atoms in total. The molecule has 1 aromatic carbocycles. The molecule has 17 heavy (non-hydrogen) atoms. The molecule has 0 saturated carbocycles. The van der Waals surface area contributed by atoms with Crippen LogP contribution in [0, 0.1) is 0 Å². The third-order valence-corrected chi connectivity index (χ3v) is 2.03. The number of hydrogen-bond acceptors (Lipinski definition) is 3. The molecule has 0 aliphatic heterocycles. The van der Waals surface area contributed by atoms with Crippen LogP contribution in [0.25, 0.3) is 0 Å². The molecule has 0 aromatic heterocycles. The van der Waals surface area contributed by atoms with Gasteiger partial charge in [-0.3, -0.25) is 0 Å². The highest BCUT2D eigenvalue weighted by molar-refractivity contribution is 5.87. The summed E-state index contributed by atoms with van der Waals surface area (Å²) in [5.41, 5.74) is 0.135. The highest BCUT2D eigenvalue weighted by Crippen LogP contribution is 2.15. The number of benzene rings is 1. The molecule has 0 bridgehead atoms. The molecule has 0 aliphatic carbocycles. The summed E-state index contributed by atoms with van der Waals surface area (Å²) in [6.07, 6.45) is -0.564. The Balaban J connectivity index is 0.00000256. The van der Waals surface area contributed by atoms with Crippen molar-refractivity contribution in [3.8, 4) is 5.75 Å². The van der Waals surface area contributed by atoms with E-state index in [0.29, 0.717) is 12.2 Å². The molecule has 0 amide bonds. The van der Waals surface area contributed by atoms with Crippen molar-refractivity contribution in [2.75, 3.05) is 0 Å². The zero-order chi connectivity index (χ0) is 12.1. The van der Waals surface area contributed by atoms with Crippen molar-refractivity contribution in [2.24, 2.45) is 0 Å². The summed E-state index contributed by atoms with van der Waals surface area (Å²) >= 11 is 0. The molecule has 1 rings (SSSR count). The highest BCUT2D eigenvalue weighted by Gasteiger charge is 2.16. The van der Waals surface area contributed by atoms with E-state index in [9.17, 15) is 9.59 Å². The van der Waals surface area contributed by atoms with Crippen LogP contribution in [-0.4, -0.2) is 28.3 Å². The van der Waals surface area contributed by atoms with Gasteiger partial charge in [0.25, 0.3) is 0 Å². The molecule has 1 unspecified atom stereocenters. The molecule has 94 valence electrons. The lowest BCUT2D eigenvalue weighted by atomic mass is 10.2. The maximum Gasteiger partial charge on any atom is 0.344 e. The number of carboxylic acids is 2. The largest absolute Gasteiger partial charge is 0.479 e. The first-order valence-electron chi connectivity index (χ1n) is 4.77. The van der Waals surface area contributed by atoms with Crippen molar-refractivity contribution in [1.29, 1.82) is 0 Å². The van der Waals surface area contributed by atoms with Crippen molar-refractivity contribution in [2.45, 2.75) is 26.9 Å². The molecule has 0 radical (unpaired) electrons. The van der Waals surface area contributed by atoms with E-state index < -0.39 is 18.0 Å². The van der Waals surface area contributed by atoms with Crippen molar-refractivity contribution in [3.63, 3.8) is 0 Å². The SMILES string of the molecule is C.CCC(Oc1ccc(C(=O)O)cc1)C(=O)O. The van der Waals surface area contributed by atoms with Gasteiger partial charge in [0.05, 0.1) is 5.56 Å². The number of rotatable bonds is 5. The predicted octanol–water partition coefficient (Wildman–Crippen LogP) is 2.26. The van der Waals surface area contributed by atoms with Gasteiger partial charge in [0.1, 0.15) is 5.75 Å². The average molecular weight is 240 g/mol. The van der Waals surface area contributed by atoms with E-state index in [0.717, 1.165) is 0 Å². The van der Waals surface area contributed by atoms with Gasteiger partial charge in [-0.15, -0.1) is 0 Å². The fourth-order valence-corrected chi connectivity index (χ4v) is 1.15. The molecule has 0 spiro atoms. The van der Waals surface area contributed by atoms with E-state index >= 15 is 0 Å². The monoisotopic (exact) mass is 240 g/mol. The Kier molecular flexibility index (Phi) is 5.74. The Bertz CT molecular complexity index is 382. The number of hydrogen-bond donors (Lipinski definition) is 2. The molecule has 0 heterocycles. The van der Waals surface area contributed by atoms with Crippen molar-refractivity contribution in [3.05, 3.63) is 29.8 Å². The number of aromatic carboxylic acids is 1. The minimum atomic E-state index is -1.04. The summed E-state index contributed by atoms with van der Waals surface area (Å²) in [5.74, 6) is -1.72. The molecule has 1 aromatic rings. The number of carbonyl (C=O) groups is 2. The average Bonchev–Trinajstić information content (AvgIpc) is 2.26. The van der Waals surface area contributed by atoms with Gasteiger partial charge in [0.2, 0.25) is 0 Å². The van der Waals surface area contributed by atoms with E-state index in [1.54, 1.807) is 6.92 Å². The van der Waals surface area contributed by atoms with Crippen LogP contribution in [0.3, 0.4) is 0 Å². The molecule has 1 atom stereocenters. The van der Waals surface area contributed by atoms with Gasteiger partial charge in [-0.2, -0.15) is 0 Å². The van der Waals surface area contributed by atoms with Crippen LogP contribution < -0.4 is 4.74 Å². The maximum absolute atomic E-state index is 10.7. The summed E-state index contributed by atoms with van der Waals surface area (Å²) in [5, 5.41) is 17.4. The zero-order valence-electron chi connectivity index (χ0n) is 8.71. The third-order valence-electron chi connectivity index (χ3n) is 2.03. The quantitative estimate of drug-likeness (QED) is 0.824. The van der Waals surface area contributed by atoms with E-state index in [1.807, 2.05) is 0 Å². The minimum Gasteiger partial charge on any atom is -0.479 e. The standard InChI is InChI=1S/C11H12O5.CH4/c1-2-9(11(14)15)16-8-5-3-7(4-6-8)10(12)13;/h3-6,9H,2H2,1H3,(H,12,13)(H,14,15);1H4. The molecule has 0 fully saturated rings. The van der Waals surface area contributed by atoms with Crippen molar-refractivity contribution >= 4 is 11.9 Å². The van der Waals surface area contributed by atoms with Crippen LogP contribution in [0.1, 0.15) is 31.1 Å². The van der Waals surface area contributed by atoms with Crippen LogP contribution in [0.15, 0.2) is 24.3 Å². The Hall–Kier alpha value is -2.04. The van der Waals surface area contributed by atoms with Crippen LogP contribution in [-0.2, 0) is 4.79 Å². The maximum atomic E-state index is 10.7. The van der Waals surface area contributed by atoms with Gasteiger partial charge in [-0.25, -0.2) is 9.59 Å². The van der Waals surface area contributed by atoms with Gasteiger partial charge in [-0.05, 0) is 30.7 Å².